The molecule has 1 aromatic carbocycles. The lowest BCUT2D eigenvalue weighted by atomic mass is 9.85. The van der Waals surface area contributed by atoms with Gasteiger partial charge in [-0.25, -0.2) is 0 Å². The van der Waals surface area contributed by atoms with Gasteiger partial charge in [0.25, 0.3) is 0 Å². The first kappa shape index (κ1) is 19.2. The maximum atomic E-state index is 12.7. The van der Waals surface area contributed by atoms with Gasteiger partial charge in [0.15, 0.2) is 5.96 Å². The molecule has 1 aliphatic heterocycles. The molecule has 1 aromatic rings. The molecule has 0 aromatic heterocycles. The van der Waals surface area contributed by atoms with Crippen molar-refractivity contribution in [3.8, 4) is 6.07 Å². The van der Waals surface area contributed by atoms with E-state index in [0.29, 0.717) is 37.6 Å². The molecule has 2 bridgehead atoms. The van der Waals surface area contributed by atoms with Gasteiger partial charge in [0.1, 0.15) is 0 Å². The van der Waals surface area contributed by atoms with Crippen molar-refractivity contribution in [3.05, 3.63) is 47.5 Å². The summed E-state index contributed by atoms with van der Waals surface area (Å²) >= 11 is 0. The van der Waals surface area contributed by atoms with Gasteiger partial charge in [-0.2, -0.15) is 5.26 Å². The molecule has 2 amide bonds. The second kappa shape index (κ2) is 8.08. The van der Waals surface area contributed by atoms with Crippen molar-refractivity contribution in [2.45, 2.75) is 19.4 Å². The summed E-state index contributed by atoms with van der Waals surface area (Å²) in [7, 11) is 1.69. The number of imide groups is 1. The number of likely N-dealkylation sites (tertiary alicyclic amines) is 1. The van der Waals surface area contributed by atoms with E-state index in [9.17, 15) is 9.59 Å². The lowest BCUT2D eigenvalue weighted by molar-refractivity contribution is -0.140. The van der Waals surface area contributed by atoms with Gasteiger partial charge in [0, 0.05) is 26.7 Å². The van der Waals surface area contributed by atoms with Crippen LogP contribution in [0.4, 0.5) is 0 Å². The Morgan fingerprint density at radius 2 is 1.93 bits per heavy atom. The molecule has 2 fully saturated rings. The number of allylic oxidation sites excluding steroid dienone is 2. The largest absolute Gasteiger partial charge is 0.356 e. The quantitative estimate of drug-likeness (QED) is 0.251. The maximum Gasteiger partial charge on any atom is 0.233 e. The van der Waals surface area contributed by atoms with Crippen LogP contribution in [-0.2, 0) is 16.1 Å². The number of fused-ring (bicyclic) bond motifs is 5. The van der Waals surface area contributed by atoms with E-state index in [4.69, 9.17) is 5.26 Å². The van der Waals surface area contributed by atoms with E-state index in [-0.39, 0.29) is 35.5 Å². The average molecular weight is 391 g/mol. The summed E-state index contributed by atoms with van der Waals surface area (Å²) in [6.07, 6.45) is 5.86. The molecule has 4 unspecified atom stereocenters. The number of rotatable bonds is 6. The van der Waals surface area contributed by atoms with Gasteiger partial charge in [-0.1, -0.05) is 24.3 Å². The first-order chi connectivity index (χ1) is 14.1. The van der Waals surface area contributed by atoms with Gasteiger partial charge >= 0.3 is 0 Å². The van der Waals surface area contributed by atoms with Gasteiger partial charge in [0.05, 0.1) is 23.5 Å². The summed E-state index contributed by atoms with van der Waals surface area (Å²) < 4.78 is 0. The molecular formula is C22H25N5O2. The van der Waals surface area contributed by atoms with Crippen LogP contribution in [0.2, 0.25) is 0 Å². The SMILES string of the molecule is CN=C(NCCCN1C(=O)C2C3C=CC(C3)C2C1=O)NCc1cccc(C#N)c1. The van der Waals surface area contributed by atoms with E-state index in [1.807, 2.05) is 18.2 Å². The second-order valence-corrected chi connectivity index (χ2v) is 7.85. The molecule has 1 saturated carbocycles. The van der Waals surface area contributed by atoms with Crippen LogP contribution < -0.4 is 10.6 Å². The lowest BCUT2D eigenvalue weighted by Crippen LogP contribution is -2.39. The molecule has 0 radical (unpaired) electrons. The molecule has 1 saturated heterocycles. The number of aliphatic imine (C=N–C) groups is 1. The number of nitrogens with zero attached hydrogens (tertiary/aromatic N) is 3. The molecule has 7 heteroatoms. The van der Waals surface area contributed by atoms with Crippen LogP contribution >= 0.6 is 0 Å². The van der Waals surface area contributed by atoms with Crippen LogP contribution in [0.1, 0.15) is 24.0 Å². The lowest BCUT2D eigenvalue weighted by Gasteiger charge is -2.18. The third-order valence-electron chi connectivity index (χ3n) is 6.15. The van der Waals surface area contributed by atoms with Gasteiger partial charge in [0.2, 0.25) is 11.8 Å². The van der Waals surface area contributed by atoms with Crippen molar-refractivity contribution in [3.63, 3.8) is 0 Å². The Bertz CT molecular complexity index is 886. The predicted molar refractivity (Wildman–Crippen MR) is 108 cm³/mol. The molecule has 29 heavy (non-hydrogen) atoms. The van der Waals surface area contributed by atoms with E-state index in [2.05, 4.69) is 33.8 Å². The molecular weight excluding hydrogens is 366 g/mol. The van der Waals surface area contributed by atoms with Crippen LogP contribution in [0.25, 0.3) is 0 Å². The molecule has 2 aliphatic carbocycles. The Morgan fingerprint density at radius 3 is 2.59 bits per heavy atom. The smallest absolute Gasteiger partial charge is 0.233 e. The fourth-order valence-corrected chi connectivity index (χ4v) is 4.79. The average Bonchev–Trinajstić information content (AvgIpc) is 3.42. The summed E-state index contributed by atoms with van der Waals surface area (Å²) in [5, 5.41) is 15.4. The zero-order valence-electron chi connectivity index (χ0n) is 16.5. The number of nitrogens with one attached hydrogen (secondary N) is 2. The minimum atomic E-state index is -0.121. The number of guanidine groups is 1. The number of hydrogen-bond donors (Lipinski definition) is 2. The van der Waals surface area contributed by atoms with E-state index >= 15 is 0 Å². The minimum Gasteiger partial charge on any atom is -0.356 e. The highest BCUT2D eigenvalue weighted by Gasteiger charge is 2.58. The highest BCUT2D eigenvalue weighted by atomic mass is 16.2. The van der Waals surface area contributed by atoms with E-state index in [0.717, 1.165) is 12.0 Å². The third kappa shape index (κ3) is 3.63. The van der Waals surface area contributed by atoms with E-state index < -0.39 is 0 Å². The van der Waals surface area contributed by atoms with Crippen molar-refractivity contribution in [1.29, 1.82) is 5.26 Å². The van der Waals surface area contributed by atoms with Gasteiger partial charge in [-0.3, -0.25) is 19.5 Å². The van der Waals surface area contributed by atoms with Gasteiger partial charge in [-0.05, 0) is 42.4 Å². The monoisotopic (exact) mass is 391 g/mol. The van der Waals surface area contributed by atoms with Crippen LogP contribution in [0.15, 0.2) is 41.4 Å². The molecule has 2 N–H and O–H groups in total. The standard InChI is InChI=1S/C22H25N5O2/c1-24-22(26-13-15-5-2-4-14(10-15)12-23)25-8-3-9-27-20(28)18-16-6-7-17(11-16)19(18)21(27)29/h2,4-7,10,16-19H,3,8-9,11,13H2,1H3,(H2,24,25,26). The Morgan fingerprint density at radius 1 is 1.21 bits per heavy atom. The summed E-state index contributed by atoms with van der Waals surface area (Å²) in [4.78, 5) is 31.0. The first-order valence-corrected chi connectivity index (χ1v) is 10.1. The number of amides is 2. The third-order valence-corrected chi connectivity index (χ3v) is 6.15. The molecule has 150 valence electrons. The van der Waals surface area contributed by atoms with Crippen molar-refractivity contribution in [1.82, 2.24) is 15.5 Å². The number of carbonyl (C=O) groups excluding carboxylic acids is 2. The fraction of sp³-hybridized carbons (Fsp3) is 0.455. The zero-order valence-corrected chi connectivity index (χ0v) is 16.5. The Hall–Kier alpha value is -3.14. The van der Waals surface area contributed by atoms with Crippen LogP contribution in [0.5, 0.6) is 0 Å². The fourth-order valence-electron chi connectivity index (χ4n) is 4.79. The molecule has 7 nitrogen and oxygen atoms in total. The van der Waals surface area contributed by atoms with Crippen LogP contribution in [-0.4, -0.2) is 42.8 Å². The number of nitriles is 1. The molecule has 3 aliphatic rings. The van der Waals surface area contributed by atoms with Crippen LogP contribution in [0.3, 0.4) is 0 Å². The topological polar surface area (TPSA) is 97.6 Å². The summed E-state index contributed by atoms with van der Waals surface area (Å²) in [6, 6.07) is 9.54. The van der Waals surface area contributed by atoms with E-state index in [1.54, 1.807) is 13.1 Å². The van der Waals surface area contributed by atoms with Crippen LogP contribution in [0, 0.1) is 35.0 Å². The van der Waals surface area contributed by atoms with Crippen molar-refractivity contribution >= 4 is 17.8 Å². The van der Waals surface area contributed by atoms with Crippen molar-refractivity contribution in [2.75, 3.05) is 20.1 Å². The van der Waals surface area contributed by atoms with Crippen molar-refractivity contribution < 1.29 is 9.59 Å². The number of carbonyl (C=O) groups is 2. The highest BCUT2D eigenvalue weighted by Crippen LogP contribution is 2.52. The Labute approximate surface area is 170 Å². The second-order valence-electron chi connectivity index (χ2n) is 7.85. The summed E-state index contributed by atoms with van der Waals surface area (Å²) in [5.74, 6) is 0.936. The van der Waals surface area contributed by atoms with Crippen molar-refractivity contribution in [2.24, 2.45) is 28.7 Å². The molecule has 0 spiro atoms. The molecule has 4 atom stereocenters. The Balaban J connectivity index is 1.22. The minimum absolute atomic E-state index is 0.0109. The number of hydrogen-bond acceptors (Lipinski definition) is 4. The summed E-state index contributed by atoms with van der Waals surface area (Å²) in [6.45, 7) is 1.60. The first-order valence-electron chi connectivity index (χ1n) is 10.1. The predicted octanol–water partition coefficient (Wildman–Crippen LogP) is 1.42. The van der Waals surface area contributed by atoms with Gasteiger partial charge in [-0.15, -0.1) is 0 Å². The Kier molecular flexibility index (Phi) is 5.34. The summed E-state index contributed by atoms with van der Waals surface area (Å²) in [5.41, 5.74) is 1.62. The maximum absolute atomic E-state index is 12.7. The normalized spacial score (nSPS) is 27.3. The highest BCUT2D eigenvalue weighted by molar-refractivity contribution is 6.06. The number of benzene rings is 1. The van der Waals surface area contributed by atoms with E-state index in [1.165, 1.54) is 4.90 Å². The molecule has 1 heterocycles. The zero-order chi connectivity index (χ0) is 20.4. The molecule has 4 rings (SSSR count). The van der Waals surface area contributed by atoms with Gasteiger partial charge < -0.3 is 10.6 Å².